The Kier molecular flexibility index (Phi) is 4.30. The van der Waals surface area contributed by atoms with E-state index < -0.39 is 10.0 Å². The Morgan fingerprint density at radius 2 is 1.71 bits per heavy atom. The second kappa shape index (κ2) is 6.40. The Bertz CT molecular complexity index is 931. The number of hydrogen-bond acceptors (Lipinski definition) is 5. The summed E-state index contributed by atoms with van der Waals surface area (Å²) in [5, 5.41) is 12.1. The molecule has 0 saturated heterocycles. The first-order chi connectivity index (χ1) is 11.5. The molecule has 3 aromatic rings. The molecule has 3 rings (SSSR count). The van der Waals surface area contributed by atoms with E-state index in [2.05, 4.69) is 20.1 Å². The smallest absolute Gasteiger partial charge is 0.261 e. The molecule has 0 unspecified atom stereocenters. The van der Waals surface area contributed by atoms with Crippen LogP contribution in [-0.2, 0) is 16.4 Å². The summed E-state index contributed by atoms with van der Waals surface area (Å²) in [5.41, 5.74) is 2.18. The molecule has 1 N–H and O–H groups in total. The van der Waals surface area contributed by atoms with Crippen LogP contribution < -0.4 is 4.72 Å². The van der Waals surface area contributed by atoms with E-state index in [0.717, 1.165) is 5.56 Å². The number of anilines is 1. The first-order valence-corrected chi connectivity index (χ1v) is 8.95. The minimum absolute atomic E-state index is 0.225. The first-order valence-electron chi connectivity index (χ1n) is 7.47. The average molecular weight is 343 g/mol. The zero-order valence-electron chi connectivity index (χ0n) is 13.3. The van der Waals surface area contributed by atoms with E-state index in [4.69, 9.17) is 0 Å². The maximum absolute atomic E-state index is 12.4. The standard InChI is InChI=1S/C16H17N5O2S/c1-3-16-17-20-21(18-16)14-8-6-13(7-9-14)19-24(22,23)15-10-4-12(2)5-11-15/h4-11,19H,3H2,1-2H3. The minimum Gasteiger partial charge on any atom is -0.280 e. The molecule has 0 aliphatic carbocycles. The van der Waals surface area contributed by atoms with Gasteiger partial charge >= 0.3 is 0 Å². The third-order valence-electron chi connectivity index (χ3n) is 3.45. The number of aromatic nitrogens is 4. The van der Waals surface area contributed by atoms with Gasteiger partial charge in [0.2, 0.25) is 0 Å². The molecule has 1 heterocycles. The summed E-state index contributed by atoms with van der Waals surface area (Å²) in [7, 11) is -3.61. The van der Waals surface area contributed by atoms with E-state index in [1.54, 1.807) is 48.5 Å². The third-order valence-corrected chi connectivity index (χ3v) is 4.85. The van der Waals surface area contributed by atoms with Crippen molar-refractivity contribution in [1.29, 1.82) is 0 Å². The van der Waals surface area contributed by atoms with Crippen LogP contribution in [-0.4, -0.2) is 28.6 Å². The van der Waals surface area contributed by atoms with Gasteiger partial charge in [-0.1, -0.05) is 24.6 Å². The van der Waals surface area contributed by atoms with Crippen molar-refractivity contribution in [2.45, 2.75) is 25.2 Å². The Hall–Kier alpha value is -2.74. The fraction of sp³-hybridized carbons (Fsp3) is 0.188. The maximum atomic E-state index is 12.4. The molecule has 7 nitrogen and oxygen atoms in total. The highest BCUT2D eigenvalue weighted by Crippen LogP contribution is 2.18. The van der Waals surface area contributed by atoms with Crippen LogP contribution in [0.3, 0.4) is 0 Å². The molecular formula is C16H17N5O2S. The lowest BCUT2D eigenvalue weighted by Crippen LogP contribution is -2.13. The van der Waals surface area contributed by atoms with Crippen molar-refractivity contribution in [2.24, 2.45) is 0 Å². The molecular weight excluding hydrogens is 326 g/mol. The monoisotopic (exact) mass is 343 g/mol. The van der Waals surface area contributed by atoms with Crippen molar-refractivity contribution in [3.05, 3.63) is 59.9 Å². The summed E-state index contributed by atoms with van der Waals surface area (Å²) in [4.78, 5) is 1.64. The normalized spacial score (nSPS) is 11.4. The van der Waals surface area contributed by atoms with Crippen LogP contribution in [0.25, 0.3) is 5.69 Å². The lowest BCUT2D eigenvalue weighted by Gasteiger charge is -2.09. The van der Waals surface area contributed by atoms with Gasteiger partial charge in [0.05, 0.1) is 10.6 Å². The van der Waals surface area contributed by atoms with E-state index in [1.807, 2.05) is 13.8 Å². The predicted octanol–water partition coefficient (Wildman–Crippen LogP) is 2.33. The summed E-state index contributed by atoms with van der Waals surface area (Å²) in [6.07, 6.45) is 0.703. The quantitative estimate of drug-likeness (QED) is 0.768. The van der Waals surface area contributed by atoms with Gasteiger partial charge in [-0.15, -0.1) is 15.0 Å². The zero-order chi connectivity index (χ0) is 17.2. The Labute approximate surface area is 140 Å². The van der Waals surface area contributed by atoms with Crippen molar-refractivity contribution in [2.75, 3.05) is 4.72 Å². The van der Waals surface area contributed by atoms with E-state index >= 15 is 0 Å². The second-order valence-corrected chi connectivity index (χ2v) is 7.00. The first kappa shape index (κ1) is 16.1. The summed E-state index contributed by atoms with van der Waals surface area (Å²) >= 11 is 0. The zero-order valence-corrected chi connectivity index (χ0v) is 14.2. The molecule has 0 bridgehead atoms. The Morgan fingerprint density at radius 3 is 2.29 bits per heavy atom. The fourth-order valence-corrected chi connectivity index (χ4v) is 3.15. The van der Waals surface area contributed by atoms with Crippen molar-refractivity contribution >= 4 is 15.7 Å². The molecule has 0 aliphatic heterocycles. The number of nitrogens with one attached hydrogen (secondary N) is 1. The van der Waals surface area contributed by atoms with Gasteiger partial charge in [0.15, 0.2) is 5.82 Å². The minimum atomic E-state index is -3.61. The Balaban J connectivity index is 1.79. The fourth-order valence-electron chi connectivity index (χ4n) is 2.09. The van der Waals surface area contributed by atoms with Crippen LogP contribution in [0.4, 0.5) is 5.69 Å². The highest BCUT2D eigenvalue weighted by atomic mass is 32.2. The SMILES string of the molecule is CCc1nnn(-c2ccc(NS(=O)(=O)c3ccc(C)cc3)cc2)n1. The summed E-state index contributed by atoms with van der Waals surface area (Å²) in [5.74, 6) is 0.652. The van der Waals surface area contributed by atoms with Crippen LogP contribution in [0.2, 0.25) is 0 Å². The molecule has 124 valence electrons. The molecule has 8 heteroatoms. The van der Waals surface area contributed by atoms with Gasteiger partial charge in [-0.25, -0.2) is 8.42 Å². The number of tetrazole rings is 1. The molecule has 0 radical (unpaired) electrons. The van der Waals surface area contributed by atoms with E-state index in [9.17, 15) is 8.42 Å². The molecule has 0 saturated carbocycles. The van der Waals surface area contributed by atoms with Gasteiger partial charge in [0, 0.05) is 12.1 Å². The van der Waals surface area contributed by atoms with Crippen LogP contribution in [0.15, 0.2) is 53.4 Å². The van der Waals surface area contributed by atoms with Gasteiger partial charge in [0.1, 0.15) is 0 Å². The van der Waals surface area contributed by atoms with Crippen LogP contribution in [0.5, 0.6) is 0 Å². The molecule has 0 fully saturated rings. The summed E-state index contributed by atoms with van der Waals surface area (Å²) < 4.78 is 27.3. The van der Waals surface area contributed by atoms with Crippen LogP contribution >= 0.6 is 0 Å². The van der Waals surface area contributed by atoms with Gasteiger partial charge in [0.25, 0.3) is 10.0 Å². The van der Waals surface area contributed by atoms with Crippen molar-refractivity contribution in [1.82, 2.24) is 20.2 Å². The lowest BCUT2D eigenvalue weighted by molar-refractivity contribution is 0.601. The second-order valence-electron chi connectivity index (χ2n) is 5.31. The number of aryl methyl sites for hydroxylation is 2. The highest BCUT2D eigenvalue weighted by Gasteiger charge is 2.14. The molecule has 0 atom stereocenters. The number of nitrogens with zero attached hydrogens (tertiary/aromatic N) is 4. The summed E-state index contributed by atoms with van der Waals surface area (Å²) in [6.45, 7) is 3.86. The molecule has 0 amide bonds. The van der Waals surface area contributed by atoms with Crippen LogP contribution in [0, 0.1) is 6.92 Å². The number of rotatable bonds is 5. The van der Waals surface area contributed by atoms with E-state index in [1.165, 1.54) is 4.80 Å². The topological polar surface area (TPSA) is 89.8 Å². The van der Waals surface area contributed by atoms with E-state index in [-0.39, 0.29) is 4.90 Å². The van der Waals surface area contributed by atoms with Gasteiger partial charge in [-0.05, 0) is 48.5 Å². The third kappa shape index (κ3) is 3.43. The van der Waals surface area contributed by atoms with Crippen LogP contribution in [0.1, 0.15) is 18.3 Å². The Morgan fingerprint density at radius 1 is 1.04 bits per heavy atom. The average Bonchev–Trinajstić information content (AvgIpc) is 3.05. The predicted molar refractivity (Wildman–Crippen MR) is 90.5 cm³/mol. The molecule has 0 spiro atoms. The molecule has 24 heavy (non-hydrogen) atoms. The molecule has 2 aromatic carbocycles. The van der Waals surface area contributed by atoms with Gasteiger partial charge < -0.3 is 0 Å². The largest absolute Gasteiger partial charge is 0.280 e. The number of benzene rings is 2. The number of sulfonamides is 1. The van der Waals surface area contributed by atoms with Crippen molar-refractivity contribution in [3.63, 3.8) is 0 Å². The van der Waals surface area contributed by atoms with Gasteiger partial charge in [-0.2, -0.15) is 0 Å². The maximum Gasteiger partial charge on any atom is 0.261 e. The van der Waals surface area contributed by atoms with Crippen molar-refractivity contribution < 1.29 is 8.42 Å². The molecule has 1 aromatic heterocycles. The lowest BCUT2D eigenvalue weighted by atomic mass is 10.2. The van der Waals surface area contributed by atoms with Crippen molar-refractivity contribution in [3.8, 4) is 5.69 Å². The molecule has 0 aliphatic rings. The highest BCUT2D eigenvalue weighted by molar-refractivity contribution is 7.92. The van der Waals surface area contributed by atoms with Gasteiger partial charge in [-0.3, -0.25) is 4.72 Å². The number of hydrogen-bond donors (Lipinski definition) is 1. The summed E-state index contributed by atoms with van der Waals surface area (Å²) in [6, 6.07) is 13.5. The van der Waals surface area contributed by atoms with E-state index in [0.29, 0.717) is 23.6 Å².